The molecule has 4 N–H and O–H groups in total. The lowest BCUT2D eigenvalue weighted by molar-refractivity contribution is 0.0328. The zero-order valence-corrected chi connectivity index (χ0v) is 4.73. The fourth-order valence-corrected chi connectivity index (χ4v) is 0.358. The SMILES string of the molecule is CCNC(C)(N)O. The van der Waals surface area contributed by atoms with Gasteiger partial charge in [-0.2, -0.15) is 0 Å². The van der Waals surface area contributed by atoms with E-state index in [0.29, 0.717) is 6.54 Å². The molecule has 0 aromatic carbocycles. The Morgan fingerprint density at radius 2 is 2.29 bits per heavy atom. The molecule has 0 aliphatic rings. The molecule has 0 fully saturated rings. The molecule has 0 aliphatic carbocycles. The lowest BCUT2D eigenvalue weighted by Crippen LogP contribution is -2.50. The summed E-state index contributed by atoms with van der Waals surface area (Å²) in [6.45, 7) is 4.06. The van der Waals surface area contributed by atoms with Crippen LogP contribution < -0.4 is 11.1 Å². The first-order valence-electron chi connectivity index (χ1n) is 2.32. The number of nitrogens with two attached hydrogens (primary N) is 1. The molecule has 0 radical (unpaired) electrons. The quantitative estimate of drug-likeness (QED) is 0.403. The smallest absolute Gasteiger partial charge is 0.166 e. The Bertz CT molecular complexity index is 48.1. The molecule has 0 heterocycles. The summed E-state index contributed by atoms with van der Waals surface area (Å²) in [5, 5.41) is 11.3. The van der Waals surface area contributed by atoms with Gasteiger partial charge in [-0.1, -0.05) is 6.92 Å². The highest BCUT2D eigenvalue weighted by Crippen LogP contribution is 1.80. The highest BCUT2D eigenvalue weighted by Gasteiger charge is 2.07. The lowest BCUT2D eigenvalue weighted by atomic mass is 10.5. The largest absolute Gasteiger partial charge is 0.363 e. The summed E-state index contributed by atoms with van der Waals surface area (Å²) < 4.78 is 0. The van der Waals surface area contributed by atoms with E-state index >= 15 is 0 Å². The van der Waals surface area contributed by atoms with Crippen LogP contribution in [0.1, 0.15) is 13.8 Å². The van der Waals surface area contributed by atoms with Crippen molar-refractivity contribution >= 4 is 0 Å². The molecule has 44 valence electrons. The van der Waals surface area contributed by atoms with Gasteiger partial charge in [-0.05, 0) is 13.5 Å². The van der Waals surface area contributed by atoms with Gasteiger partial charge in [0, 0.05) is 0 Å². The molecule has 0 spiro atoms. The summed E-state index contributed by atoms with van der Waals surface area (Å²) in [6, 6.07) is 0. The molecule has 0 saturated carbocycles. The molecule has 0 bridgehead atoms. The standard InChI is InChI=1S/C4H12N2O/c1-3-6-4(2,5)7/h6-7H,3,5H2,1-2H3. The zero-order valence-electron chi connectivity index (χ0n) is 4.73. The monoisotopic (exact) mass is 104 g/mol. The number of rotatable bonds is 2. The van der Waals surface area contributed by atoms with Crippen LogP contribution in [0.4, 0.5) is 0 Å². The molecular formula is C4H12N2O. The Morgan fingerprint density at radius 3 is 2.29 bits per heavy atom. The van der Waals surface area contributed by atoms with Gasteiger partial charge in [0.05, 0.1) is 0 Å². The van der Waals surface area contributed by atoms with E-state index in [4.69, 9.17) is 10.8 Å². The van der Waals surface area contributed by atoms with Crippen LogP contribution in [0, 0.1) is 0 Å². The summed E-state index contributed by atoms with van der Waals surface area (Å²) in [7, 11) is 0. The van der Waals surface area contributed by atoms with Crippen molar-refractivity contribution in [2.45, 2.75) is 19.7 Å². The van der Waals surface area contributed by atoms with Crippen LogP contribution in [-0.4, -0.2) is 17.5 Å². The molecule has 0 aliphatic heterocycles. The minimum atomic E-state index is -1.20. The van der Waals surface area contributed by atoms with Crippen molar-refractivity contribution in [1.29, 1.82) is 0 Å². The van der Waals surface area contributed by atoms with E-state index < -0.39 is 5.85 Å². The van der Waals surface area contributed by atoms with Gasteiger partial charge < -0.3 is 5.11 Å². The van der Waals surface area contributed by atoms with Crippen molar-refractivity contribution in [1.82, 2.24) is 5.32 Å². The van der Waals surface area contributed by atoms with Gasteiger partial charge in [-0.3, -0.25) is 11.1 Å². The predicted molar refractivity (Wildman–Crippen MR) is 28.5 cm³/mol. The number of nitrogens with one attached hydrogen (secondary N) is 1. The summed E-state index contributed by atoms with van der Waals surface area (Å²) in [4.78, 5) is 0. The van der Waals surface area contributed by atoms with Crippen molar-refractivity contribution in [2.75, 3.05) is 6.54 Å². The molecule has 0 rings (SSSR count). The van der Waals surface area contributed by atoms with Gasteiger partial charge in [-0.15, -0.1) is 0 Å². The highest BCUT2D eigenvalue weighted by molar-refractivity contribution is 4.55. The molecule has 0 saturated heterocycles. The van der Waals surface area contributed by atoms with E-state index in [1.807, 2.05) is 6.92 Å². The zero-order chi connectivity index (χ0) is 5.91. The van der Waals surface area contributed by atoms with E-state index in [0.717, 1.165) is 0 Å². The Kier molecular flexibility index (Phi) is 2.22. The van der Waals surface area contributed by atoms with Crippen molar-refractivity contribution in [2.24, 2.45) is 5.73 Å². The second kappa shape index (κ2) is 2.26. The second-order valence-electron chi connectivity index (χ2n) is 1.68. The minimum Gasteiger partial charge on any atom is -0.363 e. The fraction of sp³-hybridized carbons (Fsp3) is 1.00. The van der Waals surface area contributed by atoms with Crippen molar-refractivity contribution < 1.29 is 5.11 Å². The maximum atomic E-state index is 8.68. The average molecular weight is 104 g/mol. The van der Waals surface area contributed by atoms with Crippen molar-refractivity contribution in [3.05, 3.63) is 0 Å². The number of aliphatic hydroxyl groups is 1. The Morgan fingerprint density at radius 1 is 1.86 bits per heavy atom. The van der Waals surface area contributed by atoms with Gasteiger partial charge in [0.1, 0.15) is 0 Å². The highest BCUT2D eigenvalue weighted by atomic mass is 16.3. The third kappa shape index (κ3) is 5.88. The van der Waals surface area contributed by atoms with Crippen LogP contribution >= 0.6 is 0 Å². The molecule has 3 heteroatoms. The third-order valence-corrected chi connectivity index (χ3v) is 0.535. The van der Waals surface area contributed by atoms with E-state index in [-0.39, 0.29) is 0 Å². The molecule has 0 aromatic heterocycles. The molecule has 1 unspecified atom stereocenters. The first-order chi connectivity index (χ1) is 3.06. The van der Waals surface area contributed by atoms with Gasteiger partial charge in [0.15, 0.2) is 5.85 Å². The molecule has 0 aromatic rings. The van der Waals surface area contributed by atoms with E-state index in [1.54, 1.807) is 0 Å². The summed E-state index contributed by atoms with van der Waals surface area (Å²) in [5.74, 6) is -1.20. The van der Waals surface area contributed by atoms with Gasteiger partial charge in [-0.25, -0.2) is 0 Å². The number of hydrogen-bond acceptors (Lipinski definition) is 3. The Hall–Kier alpha value is -0.120. The fourth-order valence-electron chi connectivity index (χ4n) is 0.358. The van der Waals surface area contributed by atoms with Gasteiger partial charge in [0.25, 0.3) is 0 Å². The lowest BCUT2D eigenvalue weighted by Gasteiger charge is -2.16. The van der Waals surface area contributed by atoms with Crippen LogP contribution in [0.3, 0.4) is 0 Å². The summed E-state index contributed by atoms with van der Waals surface area (Å²) in [6.07, 6.45) is 0. The molecule has 7 heavy (non-hydrogen) atoms. The maximum absolute atomic E-state index is 8.68. The predicted octanol–water partition coefficient (Wildman–Crippen LogP) is -0.779. The molecular weight excluding hydrogens is 92.1 g/mol. The van der Waals surface area contributed by atoms with Crippen LogP contribution in [-0.2, 0) is 0 Å². The maximum Gasteiger partial charge on any atom is 0.166 e. The first-order valence-corrected chi connectivity index (χ1v) is 2.32. The average Bonchev–Trinajstić information content (AvgIpc) is 1.30. The third-order valence-electron chi connectivity index (χ3n) is 0.535. The summed E-state index contributed by atoms with van der Waals surface area (Å²) in [5.41, 5.74) is 5.09. The van der Waals surface area contributed by atoms with Crippen molar-refractivity contribution in [3.63, 3.8) is 0 Å². The van der Waals surface area contributed by atoms with Crippen LogP contribution in [0.5, 0.6) is 0 Å². The van der Waals surface area contributed by atoms with Crippen LogP contribution in [0.25, 0.3) is 0 Å². The Labute approximate surface area is 43.5 Å². The van der Waals surface area contributed by atoms with Gasteiger partial charge in [0.2, 0.25) is 0 Å². The van der Waals surface area contributed by atoms with E-state index in [1.165, 1.54) is 6.92 Å². The molecule has 1 atom stereocenters. The van der Waals surface area contributed by atoms with Crippen molar-refractivity contribution in [3.8, 4) is 0 Å². The van der Waals surface area contributed by atoms with Gasteiger partial charge >= 0.3 is 0 Å². The van der Waals surface area contributed by atoms with Crippen LogP contribution in [0.15, 0.2) is 0 Å². The molecule has 3 nitrogen and oxygen atoms in total. The number of hydrogen-bond donors (Lipinski definition) is 3. The normalized spacial score (nSPS) is 18.9. The minimum absolute atomic E-state index is 0.684. The second-order valence-corrected chi connectivity index (χ2v) is 1.68. The summed E-state index contributed by atoms with van der Waals surface area (Å²) >= 11 is 0. The van der Waals surface area contributed by atoms with E-state index in [2.05, 4.69) is 5.32 Å². The van der Waals surface area contributed by atoms with E-state index in [9.17, 15) is 0 Å². The topological polar surface area (TPSA) is 58.3 Å². The first kappa shape index (κ1) is 6.88. The van der Waals surface area contributed by atoms with Crippen LogP contribution in [0.2, 0.25) is 0 Å². The Balaban J connectivity index is 3.15. The molecule has 0 amide bonds.